The molecule has 0 aliphatic rings. The van der Waals surface area contributed by atoms with Crippen molar-refractivity contribution in [2.45, 2.75) is 20.8 Å². The van der Waals surface area contributed by atoms with E-state index in [0.29, 0.717) is 0 Å². The van der Waals surface area contributed by atoms with E-state index in [9.17, 15) is 0 Å². The fourth-order valence-electron chi connectivity index (χ4n) is 0.671. The zero-order valence-corrected chi connectivity index (χ0v) is 9.48. The summed E-state index contributed by atoms with van der Waals surface area (Å²) >= 11 is 0. The van der Waals surface area contributed by atoms with Gasteiger partial charge in [0, 0.05) is 17.1 Å². The van der Waals surface area contributed by atoms with Gasteiger partial charge in [-0.2, -0.15) is 0 Å². The molecule has 0 spiro atoms. The van der Waals surface area contributed by atoms with Crippen molar-refractivity contribution in [2.24, 2.45) is 0 Å². The molecule has 0 fully saturated rings. The van der Waals surface area contributed by atoms with E-state index in [2.05, 4.69) is 25.7 Å². The third kappa shape index (κ3) is 11.8. The summed E-state index contributed by atoms with van der Waals surface area (Å²) in [7, 11) is 0. The summed E-state index contributed by atoms with van der Waals surface area (Å²) < 4.78 is 0. The largest absolute Gasteiger partial charge is 0.304 e. The van der Waals surface area contributed by atoms with Crippen LogP contribution in [-0.2, 0) is 17.1 Å². The van der Waals surface area contributed by atoms with E-state index in [0.717, 1.165) is 0 Å². The average Bonchev–Trinajstić information content (AvgIpc) is 1.72. The van der Waals surface area contributed by atoms with Crippen molar-refractivity contribution in [1.82, 2.24) is 4.90 Å². The molecular weight excluding hydrogens is 213 g/mol. The predicted octanol–water partition coefficient (Wildman–Crippen LogP) is 2.19. The van der Waals surface area contributed by atoms with Gasteiger partial charge in [-0.3, -0.25) is 0 Å². The van der Waals surface area contributed by atoms with Crippen LogP contribution < -0.4 is 0 Å². The van der Waals surface area contributed by atoms with E-state index in [4.69, 9.17) is 0 Å². The molecule has 0 aromatic rings. The molecule has 0 atom stereocenters. The Labute approximate surface area is 87.2 Å². The zero-order chi connectivity index (χ0) is 5.70. The van der Waals surface area contributed by atoms with Gasteiger partial charge in [0.1, 0.15) is 0 Å². The second-order valence-corrected chi connectivity index (χ2v) is 1.62. The van der Waals surface area contributed by atoms with E-state index in [1.165, 1.54) is 19.6 Å². The molecule has 0 aromatic carbocycles. The van der Waals surface area contributed by atoms with Crippen LogP contribution in [0.3, 0.4) is 0 Å². The minimum Gasteiger partial charge on any atom is -0.304 e. The SMILES string of the molecule is CCN(CC)CC.Cl.Cl.[Fe]. The molecule has 0 aliphatic carbocycles. The van der Waals surface area contributed by atoms with Gasteiger partial charge in [-0.05, 0) is 19.6 Å². The molecule has 0 heterocycles. The van der Waals surface area contributed by atoms with Gasteiger partial charge in [0.25, 0.3) is 0 Å². The van der Waals surface area contributed by atoms with Crippen LogP contribution in [-0.4, -0.2) is 24.5 Å². The number of halogens is 2. The van der Waals surface area contributed by atoms with Crippen molar-refractivity contribution in [1.29, 1.82) is 0 Å². The smallest absolute Gasteiger partial charge is 0 e. The minimum absolute atomic E-state index is 0. The van der Waals surface area contributed by atoms with E-state index in [1.807, 2.05) is 0 Å². The number of nitrogens with zero attached hydrogens (tertiary/aromatic N) is 1. The Kier molecular flexibility index (Phi) is 37.2. The summed E-state index contributed by atoms with van der Waals surface area (Å²) in [5.74, 6) is 0. The predicted molar refractivity (Wildman–Crippen MR) is 48.0 cm³/mol. The Balaban J connectivity index is -0.0000000600. The van der Waals surface area contributed by atoms with Gasteiger partial charge in [0.05, 0.1) is 0 Å². The van der Waals surface area contributed by atoms with E-state index >= 15 is 0 Å². The summed E-state index contributed by atoms with van der Waals surface area (Å²) in [6, 6.07) is 0. The van der Waals surface area contributed by atoms with E-state index < -0.39 is 0 Å². The van der Waals surface area contributed by atoms with Gasteiger partial charge in [-0.25, -0.2) is 0 Å². The van der Waals surface area contributed by atoms with Gasteiger partial charge in [-0.1, -0.05) is 20.8 Å². The van der Waals surface area contributed by atoms with Crippen LogP contribution in [0.25, 0.3) is 0 Å². The van der Waals surface area contributed by atoms with Crippen LogP contribution in [0.2, 0.25) is 0 Å². The summed E-state index contributed by atoms with van der Waals surface area (Å²) in [6.07, 6.45) is 0. The first-order valence-electron chi connectivity index (χ1n) is 3.07. The third-order valence-electron chi connectivity index (χ3n) is 1.34. The standard InChI is InChI=1S/C6H15N.2ClH.Fe/c1-4-7(5-2)6-3;;;/h4-6H2,1-3H3;2*1H;. The van der Waals surface area contributed by atoms with Gasteiger partial charge >= 0.3 is 0 Å². The fraction of sp³-hybridized carbons (Fsp3) is 1.00. The third-order valence-corrected chi connectivity index (χ3v) is 1.34. The molecule has 0 saturated carbocycles. The van der Waals surface area contributed by atoms with Crippen LogP contribution >= 0.6 is 24.8 Å². The molecule has 0 amide bonds. The maximum Gasteiger partial charge on any atom is 0 e. The first-order chi connectivity index (χ1) is 3.35. The molecule has 0 aliphatic heterocycles. The molecule has 0 aromatic heterocycles. The molecule has 0 unspecified atom stereocenters. The molecule has 0 bridgehead atoms. The molecule has 0 saturated heterocycles. The normalized spacial score (nSPS) is 7.20. The number of hydrogen-bond acceptors (Lipinski definition) is 1. The van der Waals surface area contributed by atoms with Crippen LogP contribution in [0.15, 0.2) is 0 Å². The Morgan fingerprint density at radius 2 is 1.00 bits per heavy atom. The van der Waals surface area contributed by atoms with Crippen LogP contribution in [0, 0.1) is 0 Å². The van der Waals surface area contributed by atoms with Crippen molar-refractivity contribution in [3.63, 3.8) is 0 Å². The summed E-state index contributed by atoms with van der Waals surface area (Å²) in [5.41, 5.74) is 0. The molecule has 10 heavy (non-hydrogen) atoms. The molecule has 0 rings (SSSR count). The maximum atomic E-state index is 2.38. The molecule has 0 N–H and O–H groups in total. The van der Waals surface area contributed by atoms with E-state index in [-0.39, 0.29) is 41.9 Å². The summed E-state index contributed by atoms with van der Waals surface area (Å²) in [6.45, 7) is 10.1. The Hall–Kier alpha value is 1.06. The maximum absolute atomic E-state index is 2.38. The Morgan fingerprint density at radius 3 is 1.00 bits per heavy atom. The molecule has 4 heteroatoms. The second-order valence-electron chi connectivity index (χ2n) is 1.62. The minimum atomic E-state index is 0. The van der Waals surface area contributed by atoms with Gasteiger partial charge in [0.2, 0.25) is 0 Å². The Morgan fingerprint density at radius 1 is 0.800 bits per heavy atom. The molecule has 0 radical (unpaired) electrons. The van der Waals surface area contributed by atoms with Crippen molar-refractivity contribution in [3.05, 3.63) is 0 Å². The zero-order valence-electron chi connectivity index (χ0n) is 6.74. The number of hydrogen-bond donors (Lipinski definition) is 0. The van der Waals surface area contributed by atoms with Crippen LogP contribution in [0.5, 0.6) is 0 Å². The molecule has 68 valence electrons. The van der Waals surface area contributed by atoms with Crippen molar-refractivity contribution >= 4 is 24.8 Å². The monoisotopic (exact) mass is 229 g/mol. The average molecular weight is 230 g/mol. The van der Waals surface area contributed by atoms with Gasteiger partial charge in [0.15, 0.2) is 0 Å². The van der Waals surface area contributed by atoms with Crippen molar-refractivity contribution in [3.8, 4) is 0 Å². The number of rotatable bonds is 3. The van der Waals surface area contributed by atoms with Gasteiger partial charge in [-0.15, -0.1) is 24.8 Å². The first-order valence-corrected chi connectivity index (χ1v) is 3.07. The van der Waals surface area contributed by atoms with E-state index in [1.54, 1.807) is 0 Å². The second kappa shape index (κ2) is 16.6. The van der Waals surface area contributed by atoms with Crippen LogP contribution in [0.1, 0.15) is 20.8 Å². The quantitative estimate of drug-likeness (QED) is 0.671. The fourth-order valence-corrected chi connectivity index (χ4v) is 0.671. The first kappa shape index (κ1) is 22.5. The molecular formula is C6H17Cl2FeN. The van der Waals surface area contributed by atoms with Crippen molar-refractivity contribution in [2.75, 3.05) is 19.6 Å². The van der Waals surface area contributed by atoms with Crippen LogP contribution in [0.4, 0.5) is 0 Å². The van der Waals surface area contributed by atoms with Gasteiger partial charge < -0.3 is 4.90 Å². The summed E-state index contributed by atoms with van der Waals surface area (Å²) in [5, 5.41) is 0. The van der Waals surface area contributed by atoms with Crippen molar-refractivity contribution < 1.29 is 17.1 Å². The Bertz CT molecular complexity index is 37.2. The topological polar surface area (TPSA) is 3.24 Å². The summed E-state index contributed by atoms with van der Waals surface area (Å²) in [4.78, 5) is 2.38. The molecule has 1 nitrogen and oxygen atoms in total.